The highest BCUT2D eigenvalue weighted by Crippen LogP contribution is 2.18. The van der Waals surface area contributed by atoms with Crippen molar-refractivity contribution in [3.05, 3.63) is 24.3 Å². The smallest absolute Gasteiger partial charge is 0.249 e. The Balaban J connectivity index is 3.59. The molecule has 0 heterocycles. The first-order valence-corrected chi connectivity index (χ1v) is 27.7. The highest BCUT2D eigenvalue weighted by atomic mass is 16.3. The molecule has 61 heavy (non-hydrogen) atoms. The van der Waals surface area contributed by atoms with E-state index < -0.39 is 24.2 Å². The van der Waals surface area contributed by atoms with E-state index in [1.807, 2.05) is 6.08 Å². The Hall–Kier alpha value is -1.17. The number of rotatable bonds is 51. The third kappa shape index (κ3) is 46.6. The van der Waals surface area contributed by atoms with Gasteiger partial charge in [-0.3, -0.25) is 4.79 Å². The van der Waals surface area contributed by atoms with Crippen molar-refractivity contribution in [2.24, 2.45) is 0 Å². The first kappa shape index (κ1) is 59.8. The molecule has 0 aromatic heterocycles. The summed E-state index contributed by atoms with van der Waals surface area (Å²) in [5, 5.41) is 33.3. The molecule has 362 valence electrons. The molecule has 0 saturated carbocycles. The van der Waals surface area contributed by atoms with Gasteiger partial charge in [-0.15, -0.1) is 0 Å². The fourth-order valence-corrected chi connectivity index (χ4v) is 8.73. The highest BCUT2D eigenvalue weighted by molar-refractivity contribution is 5.80. The highest BCUT2D eigenvalue weighted by Gasteiger charge is 2.22. The minimum atomic E-state index is -1.10. The van der Waals surface area contributed by atoms with Crippen LogP contribution in [0.15, 0.2) is 24.3 Å². The molecule has 0 spiro atoms. The van der Waals surface area contributed by atoms with Crippen molar-refractivity contribution in [1.29, 1.82) is 0 Å². The summed E-state index contributed by atoms with van der Waals surface area (Å²) in [4.78, 5) is 12.5. The minimum absolute atomic E-state index is 0.372. The number of carbonyl (C=O) groups is 1. The monoisotopic (exact) mass is 860 g/mol. The normalized spacial score (nSPS) is 13.5. The molecule has 0 aliphatic heterocycles. The number of hydrogen-bond acceptors (Lipinski definition) is 4. The Bertz CT molecular complexity index is 905. The van der Waals surface area contributed by atoms with Crippen molar-refractivity contribution in [3.8, 4) is 0 Å². The first-order chi connectivity index (χ1) is 30.1. The number of aliphatic hydroxyl groups is 3. The molecule has 4 N–H and O–H groups in total. The molecule has 0 rings (SSSR count). The van der Waals surface area contributed by atoms with Crippen molar-refractivity contribution in [3.63, 3.8) is 0 Å². The summed E-state index contributed by atoms with van der Waals surface area (Å²) >= 11 is 0. The van der Waals surface area contributed by atoms with Gasteiger partial charge in [0.2, 0.25) is 5.91 Å². The van der Waals surface area contributed by atoms with Gasteiger partial charge in [-0.05, 0) is 32.1 Å². The summed E-state index contributed by atoms with van der Waals surface area (Å²) in [7, 11) is 0. The molecule has 0 aliphatic rings. The Morgan fingerprint density at radius 3 is 1.00 bits per heavy atom. The lowest BCUT2D eigenvalue weighted by atomic mass is 10.0. The third-order valence-electron chi connectivity index (χ3n) is 13.0. The second kappa shape index (κ2) is 51.5. The number of carbonyl (C=O) groups excluding carboxylic acids is 1. The van der Waals surface area contributed by atoms with Gasteiger partial charge in [-0.2, -0.15) is 0 Å². The standard InChI is InChI=1S/C56H109NO4/c1-3-5-7-9-11-13-15-17-19-21-23-25-27-28-29-31-33-35-37-39-41-43-45-47-49-51-55(60)56(61)57-53(52-58)54(59)50-48-46-44-42-40-38-36-34-32-30-26-24-22-20-18-16-14-12-10-8-6-4-2/h40,42,48,50,53-55,58-60H,3-39,41,43-47,49,51-52H2,1-2H3,(H,57,61)/b42-40+,50-48+. The maximum absolute atomic E-state index is 12.5. The third-order valence-corrected chi connectivity index (χ3v) is 13.0. The van der Waals surface area contributed by atoms with E-state index in [1.165, 1.54) is 244 Å². The van der Waals surface area contributed by atoms with Gasteiger partial charge in [0.05, 0.1) is 18.8 Å². The van der Waals surface area contributed by atoms with Crippen LogP contribution >= 0.6 is 0 Å². The lowest BCUT2D eigenvalue weighted by Gasteiger charge is -2.21. The van der Waals surface area contributed by atoms with Crippen LogP contribution in [0.25, 0.3) is 0 Å². The average molecular weight is 860 g/mol. The van der Waals surface area contributed by atoms with E-state index in [0.717, 1.165) is 38.5 Å². The van der Waals surface area contributed by atoms with Gasteiger partial charge in [0.15, 0.2) is 0 Å². The molecule has 0 saturated heterocycles. The lowest BCUT2D eigenvalue weighted by Crippen LogP contribution is -2.48. The Morgan fingerprint density at radius 2 is 0.672 bits per heavy atom. The zero-order chi connectivity index (χ0) is 44.4. The molecule has 0 fully saturated rings. The van der Waals surface area contributed by atoms with Crippen LogP contribution in [0.2, 0.25) is 0 Å². The van der Waals surface area contributed by atoms with Crippen molar-refractivity contribution >= 4 is 5.91 Å². The van der Waals surface area contributed by atoms with E-state index in [9.17, 15) is 20.1 Å². The van der Waals surface area contributed by atoms with E-state index in [4.69, 9.17) is 0 Å². The van der Waals surface area contributed by atoms with Crippen LogP contribution in [0, 0.1) is 0 Å². The molecule has 0 radical (unpaired) electrons. The largest absolute Gasteiger partial charge is 0.394 e. The second-order valence-electron chi connectivity index (χ2n) is 19.1. The van der Waals surface area contributed by atoms with E-state index >= 15 is 0 Å². The Labute approximate surface area is 382 Å². The van der Waals surface area contributed by atoms with Gasteiger partial charge < -0.3 is 20.6 Å². The van der Waals surface area contributed by atoms with E-state index in [1.54, 1.807) is 6.08 Å². The van der Waals surface area contributed by atoms with Gasteiger partial charge in [-0.25, -0.2) is 0 Å². The number of allylic oxidation sites excluding steroid dienone is 3. The summed E-state index contributed by atoms with van der Waals surface area (Å²) in [5.41, 5.74) is 0. The number of nitrogens with one attached hydrogen (secondary N) is 1. The molecule has 0 aromatic carbocycles. The van der Waals surface area contributed by atoms with E-state index in [-0.39, 0.29) is 6.61 Å². The predicted octanol–water partition coefficient (Wildman–Crippen LogP) is 16.9. The maximum atomic E-state index is 12.5. The molecular weight excluding hydrogens is 751 g/mol. The lowest BCUT2D eigenvalue weighted by molar-refractivity contribution is -0.131. The summed E-state index contributed by atoms with van der Waals surface area (Å²) in [6.45, 7) is 4.21. The molecule has 3 unspecified atom stereocenters. The number of unbranched alkanes of at least 4 members (excludes halogenated alkanes) is 41. The van der Waals surface area contributed by atoms with Crippen molar-refractivity contribution in [2.45, 2.75) is 321 Å². The summed E-state index contributed by atoms with van der Waals surface area (Å²) < 4.78 is 0. The summed E-state index contributed by atoms with van der Waals surface area (Å²) in [6.07, 6.45) is 65.4. The van der Waals surface area contributed by atoms with Crippen LogP contribution in [0.4, 0.5) is 0 Å². The van der Waals surface area contributed by atoms with Gasteiger partial charge in [0.25, 0.3) is 0 Å². The maximum Gasteiger partial charge on any atom is 0.249 e. The molecule has 0 aliphatic carbocycles. The average Bonchev–Trinajstić information content (AvgIpc) is 3.26. The number of amides is 1. The second-order valence-corrected chi connectivity index (χ2v) is 19.1. The van der Waals surface area contributed by atoms with Crippen LogP contribution < -0.4 is 5.32 Å². The zero-order valence-corrected chi connectivity index (χ0v) is 41.3. The van der Waals surface area contributed by atoms with Crippen LogP contribution in [0.1, 0.15) is 303 Å². The SMILES string of the molecule is CCCCCCCCCCCCCCCCCC/C=C/CC/C=C/C(O)C(CO)NC(=O)C(O)CCCCCCCCCCCCCCCCCCCCCCCCCCC. The molecule has 0 aromatic rings. The molecule has 0 bridgehead atoms. The van der Waals surface area contributed by atoms with Crippen molar-refractivity contribution in [1.82, 2.24) is 5.32 Å². The van der Waals surface area contributed by atoms with Crippen LogP contribution in [0.3, 0.4) is 0 Å². The zero-order valence-electron chi connectivity index (χ0n) is 41.3. The van der Waals surface area contributed by atoms with Gasteiger partial charge >= 0.3 is 0 Å². The topological polar surface area (TPSA) is 89.8 Å². The molecule has 5 nitrogen and oxygen atoms in total. The van der Waals surface area contributed by atoms with Crippen molar-refractivity contribution in [2.75, 3.05) is 6.61 Å². The fraction of sp³-hybridized carbons (Fsp3) is 0.911. The minimum Gasteiger partial charge on any atom is -0.394 e. The molecule has 1 amide bonds. The number of aliphatic hydroxyl groups excluding tert-OH is 3. The fourth-order valence-electron chi connectivity index (χ4n) is 8.73. The van der Waals surface area contributed by atoms with Crippen LogP contribution in [0.5, 0.6) is 0 Å². The van der Waals surface area contributed by atoms with Crippen molar-refractivity contribution < 1.29 is 20.1 Å². The van der Waals surface area contributed by atoms with Crippen LogP contribution in [-0.2, 0) is 4.79 Å². The predicted molar refractivity (Wildman–Crippen MR) is 268 cm³/mol. The summed E-state index contributed by atoms with van der Waals surface area (Å²) in [5.74, 6) is -0.507. The number of hydrogen-bond donors (Lipinski definition) is 4. The molecule has 5 heteroatoms. The van der Waals surface area contributed by atoms with Gasteiger partial charge in [0.1, 0.15) is 6.10 Å². The van der Waals surface area contributed by atoms with E-state index in [0.29, 0.717) is 6.42 Å². The Kier molecular flexibility index (Phi) is 50.5. The summed E-state index contributed by atoms with van der Waals surface area (Å²) in [6, 6.07) is -0.812. The molecule has 3 atom stereocenters. The van der Waals surface area contributed by atoms with E-state index in [2.05, 4.69) is 31.3 Å². The van der Waals surface area contributed by atoms with Crippen LogP contribution in [-0.4, -0.2) is 46.1 Å². The Morgan fingerprint density at radius 1 is 0.393 bits per heavy atom. The molecular formula is C56H109NO4. The first-order valence-electron chi connectivity index (χ1n) is 27.7. The van der Waals surface area contributed by atoms with Gasteiger partial charge in [0, 0.05) is 0 Å². The quantitative estimate of drug-likeness (QED) is 0.0362. The van der Waals surface area contributed by atoms with Gasteiger partial charge in [-0.1, -0.05) is 295 Å².